The van der Waals surface area contributed by atoms with Crippen LogP contribution in [0, 0.1) is 0 Å². The number of amidine groups is 2. The summed E-state index contributed by atoms with van der Waals surface area (Å²) in [6.07, 6.45) is 1.59. The SMILES string of the molecule is c1ccc(C2=NC(c3ccc4c(c3)sc3ccccc34)NC(c3cc(-c4ccc5c(c4)sc4ccccc45)cc4oc5[nH]ccc5c34)=N2)cc1. The van der Waals surface area contributed by atoms with Crippen LogP contribution in [0.2, 0.25) is 0 Å². The largest absolute Gasteiger partial charge is 0.440 e. The van der Waals surface area contributed by atoms with Gasteiger partial charge >= 0.3 is 0 Å². The van der Waals surface area contributed by atoms with Crippen LogP contribution < -0.4 is 5.32 Å². The molecule has 0 aliphatic carbocycles. The highest BCUT2D eigenvalue weighted by Gasteiger charge is 2.25. The summed E-state index contributed by atoms with van der Waals surface area (Å²) in [6, 6.07) is 47.4. The monoisotopic (exact) mass is 678 g/mol. The second-order valence-electron chi connectivity index (χ2n) is 12.7. The number of hydrogen-bond acceptors (Lipinski definition) is 6. The first-order chi connectivity index (χ1) is 24.7. The van der Waals surface area contributed by atoms with Gasteiger partial charge in [-0.05, 0) is 59.2 Å². The smallest absolute Gasteiger partial charge is 0.205 e. The highest BCUT2D eigenvalue weighted by molar-refractivity contribution is 7.26. The van der Waals surface area contributed by atoms with E-state index in [9.17, 15) is 0 Å². The predicted molar refractivity (Wildman–Crippen MR) is 211 cm³/mol. The number of nitrogens with zero attached hydrogens (tertiary/aromatic N) is 2. The molecule has 6 aromatic carbocycles. The van der Waals surface area contributed by atoms with E-state index in [1.54, 1.807) is 0 Å². The van der Waals surface area contributed by atoms with Crippen molar-refractivity contribution in [1.82, 2.24) is 10.3 Å². The number of aliphatic imine (C=N–C) groups is 2. The van der Waals surface area contributed by atoms with E-state index >= 15 is 0 Å². The van der Waals surface area contributed by atoms with Crippen molar-refractivity contribution in [3.8, 4) is 11.1 Å². The summed E-state index contributed by atoms with van der Waals surface area (Å²) in [5.41, 5.74) is 6.80. The van der Waals surface area contributed by atoms with Crippen LogP contribution in [0.5, 0.6) is 0 Å². The minimum absolute atomic E-state index is 0.338. The van der Waals surface area contributed by atoms with Crippen LogP contribution in [-0.2, 0) is 0 Å². The molecular formula is C43H26N4OS2. The number of rotatable bonds is 4. The molecule has 0 spiro atoms. The predicted octanol–water partition coefficient (Wildman–Crippen LogP) is 11.8. The Labute approximate surface area is 293 Å². The summed E-state index contributed by atoms with van der Waals surface area (Å²) in [7, 11) is 0. The maximum Gasteiger partial charge on any atom is 0.205 e. The standard InChI is InChI=1S/C43H26N4OS2/c1-2-8-24(9-3-1)40-45-41(26-15-17-31-29-11-5-7-13-36(29)50-38(31)23-26)47-42(46-40)33-20-27(21-34-39(33)32-18-19-44-43(32)48-34)25-14-16-30-28-10-4-6-12-35(28)49-37(30)22-25/h1-23,41,44H,(H,45,46,47). The van der Waals surface area contributed by atoms with Gasteiger partial charge in [0.05, 0.1) is 0 Å². The number of H-pyrrole nitrogens is 1. The summed E-state index contributed by atoms with van der Waals surface area (Å²) < 4.78 is 11.6. The molecule has 0 radical (unpaired) electrons. The molecule has 1 unspecified atom stereocenters. The molecule has 50 heavy (non-hydrogen) atoms. The number of benzene rings is 6. The number of aromatic nitrogens is 1. The maximum atomic E-state index is 6.46. The molecule has 1 aliphatic heterocycles. The molecule has 236 valence electrons. The number of furan rings is 1. The molecule has 2 N–H and O–H groups in total. The maximum absolute atomic E-state index is 6.46. The van der Waals surface area contributed by atoms with E-state index in [1.165, 1.54) is 40.3 Å². The molecule has 5 heterocycles. The van der Waals surface area contributed by atoms with Crippen molar-refractivity contribution in [2.75, 3.05) is 0 Å². The molecule has 0 saturated carbocycles. The van der Waals surface area contributed by atoms with Gasteiger partial charge in [-0.25, -0.2) is 9.98 Å². The van der Waals surface area contributed by atoms with E-state index in [2.05, 4.69) is 126 Å². The fraction of sp³-hybridized carbons (Fsp3) is 0.0233. The average Bonchev–Trinajstić information content (AvgIpc) is 3.95. The summed E-state index contributed by atoms with van der Waals surface area (Å²) >= 11 is 3.65. The van der Waals surface area contributed by atoms with Crippen molar-refractivity contribution in [3.05, 3.63) is 156 Å². The Bertz CT molecular complexity index is 3030. The van der Waals surface area contributed by atoms with E-state index in [-0.39, 0.29) is 6.17 Å². The second-order valence-corrected chi connectivity index (χ2v) is 14.9. The van der Waals surface area contributed by atoms with Crippen LogP contribution >= 0.6 is 22.7 Å². The highest BCUT2D eigenvalue weighted by atomic mass is 32.1. The van der Waals surface area contributed by atoms with Crippen LogP contribution in [0.4, 0.5) is 0 Å². The van der Waals surface area contributed by atoms with E-state index < -0.39 is 0 Å². The van der Waals surface area contributed by atoms with E-state index in [1.807, 2.05) is 47.1 Å². The first-order valence-electron chi connectivity index (χ1n) is 16.6. The third-order valence-electron chi connectivity index (χ3n) is 9.75. The van der Waals surface area contributed by atoms with Gasteiger partial charge in [0.1, 0.15) is 17.6 Å². The Hall–Kier alpha value is -6.02. The van der Waals surface area contributed by atoms with Crippen LogP contribution in [0.1, 0.15) is 22.9 Å². The van der Waals surface area contributed by atoms with Gasteiger partial charge < -0.3 is 14.7 Å². The van der Waals surface area contributed by atoms with Gasteiger partial charge in [-0.1, -0.05) is 91.0 Å². The molecule has 0 bridgehead atoms. The number of thiophene rings is 2. The van der Waals surface area contributed by atoms with Crippen molar-refractivity contribution < 1.29 is 4.42 Å². The molecule has 4 aromatic heterocycles. The number of aromatic amines is 1. The Balaban J connectivity index is 1.10. The van der Waals surface area contributed by atoms with Crippen LogP contribution in [0.25, 0.3) is 73.5 Å². The lowest BCUT2D eigenvalue weighted by Gasteiger charge is -2.24. The number of hydrogen-bond donors (Lipinski definition) is 2. The third-order valence-corrected chi connectivity index (χ3v) is 12.0. The fourth-order valence-electron chi connectivity index (χ4n) is 7.36. The Morgan fingerprint density at radius 3 is 2.06 bits per heavy atom. The third kappa shape index (κ3) is 4.30. The molecular weight excluding hydrogens is 653 g/mol. The molecule has 1 aliphatic rings. The number of nitrogens with one attached hydrogen (secondary N) is 2. The Morgan fingerprint density at radius 2 is 1.26 bits per heavy atom. The normalized spacial score (nSPS) is 15.0. The van der Waals surface area contributed by atoms with Gasteiger partial charge in [0.25, 0.3) is 0 Å². The molecule has 11 rings (SSSR count). The molecule has 0 fully saturated rings. The summed E-state index contributed by atoms with van der Waals surface area (Å²) in [4.78, 5) is 13.7. The molecule has 1 atom stereocenters. The minimum atomic E-state index is -0.338. The lowest BCUT2D eigenvalue weighted by Crippen LogP contribution is -2.33. The van der Waals surface area contributed by atoms with Crippen molar-refractivity contribution in [3.63, 3.8) is 0 Å². The van der Waals surface area contributed by atoms with Gasteiger partial charge in [0, 0.05) is 68.4 Å². The summed E-state index contributed by atoms with van der Waals surface area (Å²) in [5, 5.41) is 10.9. The Kier molecular flexibility index (Phi) is 5.99. The van der Waals surface area contributed by atoms with Crippen LogP contribution in [0.3, 0.4) is 0 Å². The molecule has 5 nitrogen and oxygen atoms in total. The topological polar surface area (TPSA) is 65.7 Å². The quantitative estimate of drug-likeness (QED) is 0.195. The lowest BCUT2D eigenvalue weighted by molar-refractivity contribution is 0.655. The first kappa shape index (κ1) is 27.9. The van der Waals surface area contributed by atoms with E-state index in [0.29, 0.717) is 5.84 Å². The van der Waals surface area contributed by atoms with Gasteiger partial charge in [0.15, 0.2) is 5.84 Å². The summed E-state index contributed by atoms with van der Waals surface area (Å²) in [5.74, 6) is 1.46. The molecule has 10 aromatic rings. The van der Waals surface area contributed by atoms with Gasteiger partial charge in [-0.2, -0.15) is 0 Å². The fourth-order valence-corrected chi connectivity index (χ4v) is 9.66. The zero-order chi connectivity index (χ0) is 32.8. The minimum Gasteiger partial charge on any atom is -0.440 e. The average molecular weight is 679 g/mol. The van der Waals surface area contributed by atoms with Crippen molar-refractivity contribution in [1.29, 1.82) is 0 Å². The Morgan fingerprint density at radius 1 is 0.560 bits per heavy atom. The molecule has 7 heteroatoms. The van der Waals surface area contributed by atoms with Gasteiger partial charge in [-0.15, -0.1) is 22.7 Å². The second kappa shape index (κ2) is 10.7. The van der Waals surface area contributed by atoms with Crippen LogP contribution in [-0.4, -0.2) is 16.7 Å². The van der Waals surface area contributed by atoms with Crippen molar-refractivity contribution in [2.45, 2.75) is 6.17 Å². The summed E-state index contributed by atoms with van der Waals surface area (Å²) in [6.45, 7) is 0. The molecule has 0 amide bonds. The number of fused-ring (bicyclic) bond motifs is 9. The highest BCUT2D eigenvalue weighted by Crippen LogP contribution is 2.40. The lowest BCUT2D eigenvalue weighted by atomic mass is 9.97. The van der Waals surface area contributed by atoms with E-state index in [4.69, 9.17) is 14.4 Å². The zero-order valence-electron chi connectivity index (χ0n) is 26.5. The van der Waals surface area contributed by atoms with Gasteiger partial charge in [0.2, 0.25) is 5.71 Å². The van der Waals surface area contributed by atoms with Crippen molar-refractivity contribution in [2.24, 2.45) is 9.98 Å². The van der Waals surface area contributed by atoms with Gasteiger partial charge in [-0.3, -0.25) is 0 Å². The van der Waals surface area contributed by atoms with Crippen LogP contribution in [0.15, 0.2) is 154 Å². The van der Waals surface area contributed by atoms with E-state index in [0.717, 1.165) is 55.7 Å². The van der Waals surface area contributed by atoms with Crippen molar-refractivity contribution >= 4 is 96.8 Å². The molecule has 0 saturated heterocycles. The first-order valence-corrected chi connectivity index (χ1v) is 18.2. The zero-order valence-corrected chi connectivity index (χ0v) is 28.1.